The minimum atomic E-state index is -1.09. The molecule has 3 rings (SSSR count). The molecule has 2 heterocycles. The minimum absolute atomic E-state index is 0.0973. The molecule has 0 aliphatic carbocycles. The van der Waals surface area contributed by atoms with Gasteiger partial charge in [-0.1, -0.05) is 6.07 Å². The van der Waals surface area contributed by atoms with Crippen molar-refractivity contribution in [2.45, 2.75) is 24.8 Å². The first-order chi connectivity index (χ1) is 10.5. The van der Waals surface area contributed by atoms with Crippen molar-refractivity contribution in [1.82, 2.24) is 15.0 Å². The van der Waals surface area contributed by atoms with Crippen LogP contribution in [0.1, 0.15) is 13.8 Å². The summed E-state index contributed by atoms with van der Waals surface area (Å²) in [7, 11) is -1.09. The molecule has 0 radical (unpaired) electrons. The highest BCUT2D eigenvalue weighted by atomic mass is 32.2. The van der Waals surface area contributed by atoms with Crippen molar-refractivity contribution in [2.24, 2.45) is 0 Å². The molecular formula is C16H17N3O2S. The highest BCUT2D eigenvalue weighted by Gasteiger charge is 2.12. The SMILES string of the molecule is CC(C)Oc1ccnc(-c2nc3c(S(C)=O)cccc3[nH]2)c1. The van der Waals surface area contributed by atoms with Crippen molar-refractivity contribution in [3.8, 4) is 17.3 Å². The molecule has 0 bridgehead atoms. The van der Waals surface area contributed by atoms with Gasteiger partial charge in [-0.2, -0.15) is 0 Å². The summed E-state index contributed by atoms with van der Waals surface area (Å²) in [6, 6.07) is 9.27. The van der Waals surface area contributed by atoms with Crippen LogP contribution < -0.4 is 4.74 Å². The quantitative estimate of drug-likeness (QED) is 0.803. The van der Waals surface area contributed by atoms with Crippen LogP contribution in [0.4, 0.5) is 0 Å². The monoisotopic (exact) mass is 315 g/mol. The van der Waals surface area contributed by atoms with Gasteiger partial charge in [0.15, 0.2) is 5.82 Å². The van der Waals surface area contributed by atoms with E-state index < -0.39 is 10.8 Å². The Labute approximate surface area is 131 Å². The van der Waals surface area contributed by atoms with Crippen molar-refractivity contribution >= 4 is 21.8 Å². The fraction of sp³-hybridized carbons (Fsp3) is 0.250. The number of para-hydroxylation sites is 1. The van der Waals surface area contributed by atoms with Gasteiger partial charge in [0.2, 0.25) is 0 Å². The molecule has 6 heteroatoms. The predicted molar refractivity (Wildman–Crippen MR) is 87.4 cm³/mol. The maximum Gasteiger partial charge on any atom is 0.157 e. The van der Waals surface area contributed by atoms with Gasteiger partial charge in [-0.3, -0.25) is 9.19 Å². The van der Waals surface area contributed by atoms with E-state index in [4.69, 9.17) is 4.74 Å². The van der Waals surface area contributed by atoms with Gasteiger partial charge in [-0.05, 0) is 32.0 Å². The number of fused-ring (bicyclic) bond motifs is 1. The van der Waals surface area contributed by atoms with Crippen molar-refractivity contribution in [3.05, 3.63) is 36.5 Å². The van der Waals surface area contributed by atoms with E-state index in [1.807, 2.05) is 44.2 Å². The third kappa shape index (κ3) is 2.87. The van der Waals surface area contributed by atoms with Crippen molar-refractivity contribution < 1.29 is 8.95 Å². The van der Waals surface area contributed by atoms with Crippen LogP contribution in [0.5, 0.6) is 5.75 Å². The lowest BCUT2D eigenvalue weighted by atomic mass is 10.3. The van der Waals surface area contributed by atoms with Crippen LogP contribution in [0.15, 0.2) is 41.4 Å². The van der Waals surface area contributed by atoms with Gasteiger partial charge < -0.3 is 9.72 Å². The average molecular weight is 315 g/mol. The van der Waals surface area contributed by atoms with Crippen LogP contribution in [0.3, 0.4) is 0 Å². The molecule has 114 valence electrons. The highest BCUT2D eigenvalue weighted by Crippen LogP contribution is 2.25. The average Bonchev–Trinajstić information content (AvgIpc) is 2.90. The van der Waals surface area contributed by atoms with E-state index in [1.54, 1.807) is 12.5 Å². The first kappa shape index (κ1) is 14.7. The Morgan fingerprint density at radius 2 is 2.09 bits per heavy atom. The Morgan fingerprint density at radius 3 is 2.82 bits per heavy atom. The molecule has 2 aromatic heterocycles. The summed E-state index contributed by atoms with van der Waals surface area (Å²) in [5.41, 5.74) is 2.26. The van der Waals surface area contributed by atoms with Crippen LogP contribution >= 0.6 is 0 Å². The Balaban J connectivity index is 2.07. The summed E-state index contributed by atoms with van der Waals surface area (Å²) >= 11 is 0. The second-order valence-corrected chi connectivity index (χ2v) is 6.58. The van der Waals surface area contributed by atoms with Gasteiger partial charge >= 0.3 is 0 Å². The maximum atomic E-state index is 11.8. The zero-order chi connectivity index (χ0) is 15.7. The second kappa shape index (κ2) is 5.88. The number of rotatable bonds is 4. The smallest absolute Gasteiger partial charge is 0.157 e. The standard InChI is InChI=1S/C16H17N3O2S/c1-10(2)21-11-7-8-17-13(9-11)16-18-12-5-4-6-14(22(3)20)15(12)19-16/h4-10H,1-3H3,(H,18,19). The molecule has 0 amide bonds. The van der Waals surface area contributed by atoms with Crippen molar-refractivity contribution in [3.63, 3.8) is 0 Å². The molecule has 5 nitrogen and oxygen atoms in total. The molecule has 0 spiro atoms. The second-order valence-electron chi connectivity index (χ2n) is 5.24. The van der Waals surface area contributed by atoms with Gasteiger partial charge in [-0.25, -0.2) is 4.98 Å². The van der Waals surface area contributed by atoms with E-state index in [9.17, 15) is 4.21 Å². The molecule has 1 unspecified atom stereocenters. The van der Waals surface area contributed by atoms with Gasteiger partial charge in [0, 0.05) is 18.5 Å². The summed E-state index contributed by atoms with van der Waals surface area (Å²) < 4.78 is 17.5. The third-order valence-electron chi connectivity index (χ3n) is 3.13. The van der Waals surface area contributed by atoms with Gasteiger partial charge in [-0.15, -0.1) is 0 Å². The number of hydrogen-bond donors (Lipinski definition) is 1. The Kier molecular flexibility index (Phi) is 3.94. The van der Waals surface area contributed by atoms with E-state index in [1.165, 1.54) is 0 Å². The highest BCUT2D eigenvalue weighted by molar-refractivity contribution is 7.84. The van der Waals surface area contributed by atoms with Crippen molar-refractivity contribution in [2.75, 3.05) is 6.26 Å². The van der Waals surface area contributed by atoms with Crippen LogP contribution in [0.2, 0.25) is 0 Å². The number of pyridine rings is 1. The molecule has 1 aromatic carbocycles. The van der Waals surface area contributed by atoms with Crippen molar-refractivity contribution in [1.29, 1.82) is 0 Å². The van der Waals surface area contributed by atoms with Gasteiger partial charge in [0.25, 0.3) is 0 Å². The number of imidazole rings is 1. The summed E-state index contributed by atoms with van der Waals surface area (Å²) in [5, 5.41) is 0. The lowest BCUT2D eigenvalue weighted by Gasteiger charge is -2.09. The molecule has 0 saturated heterocycles. The van der Waals surface area contributed by atoms with Crippen LogP contribution in [-0.2, 0) is 10.8 Å². The lowest BCUT2D eigenvalue weighted by molar-refractivity contribution is 0.242. The molecule has 22 heavy (non-hydrogen) atoms. The molecule has 0 aliphatic heterocycles. The number of hydrogen-bond acceptors (Lipinski definition) is 4. The van der Waals surface area contributed by atoms with Gasteiger partial charge in [0.05, 0.1) is 27.3 Å². The van der Waals surface area contributed by atoms with Crippen LogP contribution in [0, 0.1) is 0 Å². The number of benzene rings is 1. The largest absolute Gasteiger partial charge is 0.491 e. The number of ether oxygens (including phenoxy) is 1. The first-order valence-electron chi connectivity index (χ1n) is 7.00. The molecule has 0 aliphatic rings. The van der Waals surface area contributed by atoms with Crippen LogP contribution in [-0.4, -0.2) is 31.5 Å². The van der Waals surface area contributed by atoms with E-state index in [0.717, 1.165) is 21.7 Å². The fourth-order valence-electron chi connectivity index (χ4n) is 2.25. The van der Waals surface area contributed by atoms with E-state index in [-0.39, 0.29) is 6.10 Å². The third-order valence-corrected chi connectivity index (χ3v) is 4.08. The topological polar surface area (TPSA) is 67.9 Å². The fourth-order valence-corrected chi connectivity index (χ4v) is 2.94. The normalized spacial score (nSPS) is 12.7. The number of nitrogens with zero attached hydrogens (tertiary/aromatic N) is 2. The molecule has 3 aromatic rings. The number of nitrogens with one attached hydrogen (secondary N) is 1. The number of aromatic nitrogens is 3. The van der Waals surface area contributed by atoms with E-state index >= 15 is 0 Å². The summed E-state index contributed by atoms with van der Waals surface area (Å²) in [4.78, 5) is 12.8. The summed E-state index contributed by atoms with van der Waals surface area (Å²) in [6.45, 7) is 3.95. The number of H-pyrrole nitrogens is 1. The lowest BCUT2D eigenvalue weighted by Crippen LogP contribution is -2.05. The van der Waals surface area contributed by atoms with Gasteiger partial charge in [0.1, 0.15) is 17.0 Å². The van der Waals surface area contributed by atoms with Crippen LogP contribution in [0.25, 0.3) is 22.6 Å². The summed E-state index contributed by atoms with van der Waals surface area (Å²) in [5.74, 6) is 1.39. The molecular weight excluding hydrogens is 298 g/mol. The van der Waals surface area contributed by atoms with E-state index in [0.29, 0.717) is 11.5 Å². The Hall–Kier alpha value is -2.21. The zero-order valence-electron chi connectivity index (χ0n) is 12.7. The van der Waals surface area contributed by atoms with E-state index in [2.05, 4.69) is 15.0 Å². The first-order valence-corrected chi connectivity index (χ1v) is 8.55. The molecule has 0 saturated carbocycles. The molecule has 1 atom stereocenters. The molecule has 0 fully saturated rings. The Bertz CT molecular complexity index is 842. The predicted octanol–water partition coefficient (Wildman–Crippen LogP) is 3.15. The summed E-state index contributed by atoms with van der Waals surface area (Å²) in [6.07, 6.45) is 3.44. The minimum Gasteiger partial charge on any atom is -0.491 e. The molecule has 1 N–H and O–H groups in total. The maximum absolute atomic E-state index is 11.8. The zero-order valence-corrected chi connectivity index (χ0v) is 13.5. The number of aromatic amines is 1. The Morgan fingerprint density at radius 1 is 1.27 bits per heavy atom.